The second kappa shape index (κ2) is 11.1. The lowest BCUT2D eigenvalue weighted by Crippen LogP contribution is -2.28. The Morgan fingerprint density at radius 2 is 2.00 bits per heavy atom. The Morgan fingerprint density at radius 3 is 2.61 bits per heavy atom. The summed E-state index contributed by atoms with van der Waals surface area (Å²) in [5.74, 6) is -3.29. The number of nitrogens with zero attached hydrogens (tertiary/aromatic N) is 3. The van der Waals surface area contributed by atoms with E-state index in [0.29, 0.717) is 10.9 Å². The first kappa shape index (κ1) is 27.9. The Bertz CT molecular complexity index is 1560. The van der Waals surface area contributed by atoms with Crippen LogP contribution in [0.5, 0.6) is 17.2 Å². The van der Waals surface area contributed by atoms with Crippen molar-refractivity contribution in [3.05, 3.63) is 86.8 Å². The van der Waals surface area contributed by atoms with Gasteiger partial charge in [0.2, 0.25) is 11.7 Å². The molecule has 1 amide bonds. The van der Waals surface area contributed by atoms with E-state index >= 15 is 0 Å². The summed E-state index contributed by atoms with van der Waals surface area (Å²) in [6.07, 6.45) is -3.63. The third-order valence-electron chi connectivity index (χ3n) is 4.86. The first-order chi connectivity index (χ1) is 17.8. The van der Waals surface area contributed by atoms with Crippen molar-refractivity contribution in [3.63, 3.8) is 0 Å². The van der Waals surface area contributed by atoms with Crippen LogP contribution in [0.2, 0.25) is 5.02 Å². The van der Waals surface area contributed by atoms with Gasteiger partial charge in [0, 0.05) is 10.6 Å². The molecule has 0 fully saturated rings. The van der Waals surface area contributed by atoms with Gasteiger partial charge >= 0.3 is 6.18 Å². The Hall–Kier alpha value is -4.70. The van der Waals surface area contributed by atoms with E-state index in [0.717, 1.165) is 30.3 Å². The van der Waals surface area contributed by atoms with Gasteiger partial charge in [-0.2, -0.15) is 18.4 Å². The number of ether oxygens (including phenoxy) is 2. The predicted octanol–water partition coefficient (Wildman–Crippen LogP) is 4.32. The van der Waals surface area contributed by atoms with Crippen LogP contribution in [0, 0.1) is 22.6 Å². The molecule has 9 nitrogen and oxygen atoms in total. The average Bonchev–Trinajstić information content (AvgIpc) is 2.83. The van der Waals surface area contributed by atoms with Crippen LogP contribution < -0.4 is 20.8 Å². The number of allylic oxidation sites excluding steroid dienone is 1. The van der Waals surface area contributed by atoms with Crippen LogP contribution >= 0.6 is 11.6 Å². The lowest BCUT2D eigenvalue weighted by molar-refractivity contribution is -0.142. The van der Waals surface area contributed by atoms with Crippen LogP contribution in [0.3, 0.4) is 0 Å². The van der Waals surface area contributed by atoms with Crippen LogP contribution in [-0.4, -0.2) is 28.3 Å². The van der Waals surface area contributed by atoms with Crippen LogP contribution in [0.15, 0.2) is 53.6 Å². The summed E-state index contributed by atoms with van der Waals surface area (Å²) in [4.78, 5) is 28.3. The highest BCUT2D eigenvalue weighted by Gasteiger charge is 2.38. The quantitative estimate of drug-likeness (QED) is 0.243. The van der Waals surface area contributed by atoms with Crippen molar-refractivity contribution in [2.45, 2.75) is 12.7 Å². The zero-order valence-electron chi connectivity index (χ0n) is 19.3. The van der Waals surface area contributed by atoms with Crippen LogP contribution in [0.1, 0.15) is 16.8 Å². The first-order valence-corrected chi connectivity index (χ1v) is 10.7. The standard InChI is InChI=1S/C24H16ClF4N5O4/c1-37-19-3-2-14(26)7-17(19)18(22(32)35)8-15(31)10-34-11-33-21(24(27,28)29)20(23(34)36)38-16-5-12(9-30)4-13(25)6-16/h2-8,11,31H,10H2,1H3,(H2,32,35)/b18-8-,31-15?. The molecule has 0 saturated carbocycles. The number of aromatic nitrogens is 2. The number of methoxy groups -OCH3 is 1. The number of alkyl halides is 3. The molecule has 38 heavy (non-hydrogen) atoms. The maximum absolute atomic E-state index is 13.8. The molecule has 0 aliphatic carbocycles. The van der Waals surface area contributed by atoms with E-state index in [1.165, 1.54) is 19.2 Å². The SMILES string of the molecule is COc1ccc(F)cc1/C(=C/C(=N)Cn1cnc(C(F)(F)F)c(Oc2cc(Cl)cc(C#N)c2)c1=O)C(N)=O. The Labute approximate surface area is 216 Å². The van der Waals surface area contributed by atoms with Gasteiger partial charge in [-0.3, -0.25) is 14.2 Å². The lowest BCUT2D eigenvalue weighted by Gasteiger charge is -2.15. The fourth-order valence-corrected chi connectivity index (χ4v) is 3.48. The molecule has 196 valence electrons. The van der Waals surface area contributed by atoms with Crippen molar-refractivity contribution in [2.75, 3.05) is 7.11 Å². The number of nitrogens with one attached hydrogen (secondary N) is 1. The van der Waals surface area contributed by atoms with Crippen molar-refractivity contribution >= 4 is 28.8 Å². The summed E-state index contributed by atoms with van der Waals surface area (Å²) in [7, 11) is 1.26. The number of halogens is 5. The second-order valence-corrected chi connectivity index (χ2v) is 7.97. The van der Waals surface area contributed by atoms with Crippen LogP contribution in [-0.2, 0) is 17.5 Å². The smallest absolute Gasteiger partial charge is 0.437 e. The lowest BCUT2D eigenvalue weighted by atomic mass is 10.0. The zero-order chi connectivity index (χ0) is 28.2. The monoisotopic (exact) mass is 549 g/mol. The largest absolute Gasteiger partial charge is 0.496 e. The Balaban J connectivity index is 2.05. The number of nitrogens with two attached hydrogens (primary N) is 1. The van der Waals surface area contributed by atoms with E-state index in [2.05, 4.69) is 4.98 Å². The van der Waals surface area contributed by atoms with Gasteiger partial charge in [-0.1, -0.05) is 11.6 Å². The minimum Gasteiger partial charge on any atom is -0.496 e. The van der Waals surface area contributed by atoms with Crippen molar-refractivity contribution in [1.82, 2.24) is 9.55 Å². The molecular weight excluding hydrogens is 534 g/mol. The van der Waals surface area contributed by atoms with E-state index in [9.17, 15) is 27.2 Å². The number of carbonyl (C=O) groups is 1. The summed E-state index contributed by atoms with van der Waals surface area (Å²) in [6.45, 7) is -0.673. The Kier molecular flexibility index (Phi) is 8.17. The number of hydrogen-bond donors (Lipinski definition) is 2. The number of carbonyl (C=O) groups excluding carboxylic acids is 1. The topological polar surface area (TPSA) is 144 Å². The maximum atomic E-state index is 13.8. The summed E-state index contributed by atoms with van der Waals surface area (Å²) in [5, 5.41) is 17.2. The zero-order valence-corrected chi connectivity index (χ0v) is 20.0. The molecule has 0 saturated heterocycles. The number of rotatable bonds is 8. The van der Waals surface area contributed by atoms with E-state index in [1.807, 2.05) is 0 Å². The molecule has 0 bridgehead atoms. The molecule has 3 N–H and O–H groups in total. The van der Waals surface area contributed by atoms with Gasteiger partial charge in [0.15, 0.2) is 5.69 Å². The second-order valence-electron chi connectivity index (χ2n) is 7.53. The fraction of sp³-hybridized carbons (Fsp3) is 0.125. The first-order valence-electron chi connectivity index (χ1n) is 10.3. The average molecular weight is 550 g/mol. The molecule has 2 aromatic carbocycles. The van der Waals surface area contributed by atoms with Gasteiger partial charge in [-0.15, -0.1) is 0 Å². The molecule has 0 atom stereocenters. The molecule has 0 aliphatic rings. The van der Waals surface area contributed by atoms with Crippen molar-refractivity contribution < 1.29 is 31.8 Å². The van der Waals surface area contributed by atoms with Crippen molar-refractivity contribution in [3.8, 4) is 23.3 Å². The molecule has 14 heteroatoms. The van der Waals surface area contributed by atoms with Gasteiger partial charge in [0.05, 0.1) is 42.9 Å². The normalized spacial score (nSPS) is 11.6. The third-order valence-corrected chi connectivity index (χ3v) is 5.08. The maximum Gasteiger partial charge on any atom is 0.437 e. The molecule has 1 heterocycles. The molecule has 1 aromatic heterocycles. The van der Waals surface area contributed by atoms with Crippen molar-refractivity contribution in [1.29, 1.82) is 10.7 Å². The van der Waals surface area contributed by atoms with Gasteiger partial charge in [0.1, 0.15) is 17.3 Å². The number of benzene rings is 2. The molecule has 0 unspecified atom stereocenters. The highest BCUT2D eigenvalue weighted by atomic mass is 35.5. The Morgan fingerprint density at radius 1 is 1.29 bits per heavy atom. The minimum absolute atomic E-state index is 0.0319. The van der Waals surface area contributed by atoms with E-state index in [1.54, 1.807) is 6.07 Å². The van der Waals surface area contributed by atoms with E-state index in [4.69, 9.17) is 37.5 Å². The van der Waals surface area contributed by atoms with Gasteiger partial charge in [0.25, 0.3) is 5.56 Å². The van der Waals surface area contributed by atoms with Crippen LogP contribution in [0.4, 0.5) is 17.6 Å². The van der Waals surface area contributed by atoms with Crippen LogP contribution in [0.25, 0.3) is 5.57 Å². The minimum atomic E-state index is -5.09. The van der Waals surface area contributed by atoms with E-state index in [-0.39, 0.29) is 33.2 Å². The summed E-state index contributed by atoms with van der Waals surface area (Å²) in [6, 6.07) is 8.39. The molecule has 0 spiro atoms. The molecule has 0 radical (unpaired) electrons. The number of primary amides is 1. The van der Waals surface area contributed by atoms with Gasteiger partial charge in [-0.05, 0) is 42.5 Å². The highest BCUT2D eigenvalue weighted by molar-refractivity contribution is 6.30. The number of hydrogen-bond acceptors (Lipinski definition) is 7. The number of amides is 1. The third kappa shape index (κ3) is 6.34. The van der Waals surface area contributed by atoms with E-state index < -0.39 is 47.2 Å². The van der Waals surface area contributed by atoms with Gasteiger partial charge < -0.3 is 20.6 Å². The molecule has 3 aromatic rings. The molecule has 3 rings (SSSR count). The summed E-state index contributed by atoms with van der Waals surface area (Å²) in [5.41, 5.74) is 1.46. The predicted molar refractivity (Wildman–Crippen MR) is 128 cm³/mol. The summed E-state index contributed by atoms with van der Waals surface area (Å²) < 4.78 is 65.5. The highest BCUT2D eigenvalue weighted by Crippen LogP contribution is 2.35. The molecule has 0 aliphatic heterocycles. The molecular formula is C24H16ClF4N5O4. The van der Waals surface area contributed by atoms with Crippen molar-refractivity contribution in [2.24, 2.45) is 5.73 Å². The summed E-state index contributed by atoms with van der Waals surface area (Å²) >= 11 is 5.86. The van der Waals surface area contributed by atoms with Gasteiger partial charge in [-0.25, -0.2) is 9.37 Å². The number of nitriles is 1. The fourth-order valence-electron chi connectivity index (χ4n) is 3.26.